The molecule has 7 heteroatoms. The fourth-order valence-electron chi connectivity index (χ4n) is 2.62. The summed E-state index contributed by atoms with van der Waals surface area (Å²) in [5, 5.41) is 11.9. The average molecular weight is 344 g/mol. The fourth-order valence-corrected chi connectivity index (χ4v) is 2.83. The summed E-state index contributed by atoms with van der Waals surface area (Å²) in [7, 11) is 0. The zero-order valence-corrected chi connectivity index (χ0v) is 13.5. The molecule has 1 unspecified atom stereocenters. The number of aliphatic carboxylic acids is 1. The van der Waals surface area contributed by atoms with Crippen molar-refractivity contribution in [2.75, 3.05) is 0 Å². The molecule has 126 valence electrons. The molecule has 1 aliphatic rings. The van der Waals surface area contributed by atoms with E-state index in [9.17, 15) is 14.0 Å². The van der Waals surface area contributed by atoms with E-state index in [1.165, 1.54) is 12.1 Å². The van der Waals surface area contributed by atoms with Crippen LogP contribution in [-0.4, -0.2) is 29.1 Å². The third-order valence-electron chi connectivity index (χ3n) is 3.99. The maximum Gasteiger partial charge on any atom is 0.306 e. The molecule has 0 bridgehead atoms. The van der Waals surface area contributed by atoms with Crippen LogP contribution in [0.15, 0.2) is 18.2 Å². The van der Waals surface area contributed by atoms with Gasteiger partial charge in [0.25, 0.3) is 5.91 Å². The van der Waals surface area contributed by atoms with E-state index < -0.39 is 17.9 Å². The highest BCUT2D eigenvalue weighted by atomic mass is 35.5. The van der Waals surface area contributed by atoms with Gasteiger partial charge in [0, 0.05) is 6.04 Å². The second-order valence-electron chi connectivity index (χ2n) is 5.73. The molecule has 0 spiro atoms. The van der Waals surface area contributed by atoms with Gasteiger partial charge in [0.15, 0.2) is 6.10 Å². The average Bonchev–Trinajstić information content (AvgIpc) is 2.50. The highest BCUT2D eigenvalue weighted by Gasteiger charge is 2.28. The van der Waals surface area contributed by atoms with Gasteiger partial charge in [-0.3, -0.25) is 9.59 Å². The van der Waals surface area contributed by atoms with Crippen LogP contribution < -0.4 is 10.1 Å². The summed E-state index contributed by atoms with van der Waals surface area (Å²) in [4.78, 5) is 23.0. The Morgan fingerprint density at radius 2 is 2.00 bits per heavy atom. The number of carbonyl (C=O) groups is 2. The van der Waals surface area contributed by atoms with Crippen LogP contribution in [-0.2, 0) is 9.59 Å². The number of hydrogen-bond donors (Lipinski definition) is 2. The Morgan fingerprint density at radius 3 is 2.57 bits per heavy atom. The highest BCUT2D eigenvalue weighted by Crippen LogP contribution is 2.27. The quantitative estimate of drug-likeness (QED) is 0.861. The summed E-state index contributed by atoms with van der Waals surface area (Å²) in [5.41, 5.74) is 0. The fraction of sp³-hybridized carbons (Fsp3) is 0.500. The van der Waals surface area contributed by atoms with Crippen molar-refractivity contribution in [1.82, 2.24) is 5.32 Å². The van der Waals surface area contributed by atoms with Crippen LogP contribution in [0.25, 0.3) is 0 Å². The molecule has 1 amide bonds. The molecule has 0 aromatic heterocycles. The van der Waals surface area contributed by atoms with Crippen LogP contribution in [0.3, 0.4) is 0 Å². The molecule has 0 saturated heterocycles. The number of halogens is 2. The first kappa shape index (κ1) is 17.5. The molecule has 1 saturated carbocycles. The summed E-state index contributed by atoms with van der Waals surface area (Å²) >= 11 is 5.86. The molecule has 1 aliphatic carbocycles. The van der Waals surface area contributed by atoms with Crippen LogP contribution in [0.4, 0.5) is 4.39 Å². The lowest BCUT2D eigenvalue weighted by Crippen LogP contribution is -2.44. The first-order chi connectivity index (χ1) is 10.9. The van der Waals surface area contributed by atoms with Gasteiger partial charge in [-0.15, -0.1) is 0 Å². The number of hydrogen-bond acceptors (Lipinski definition) is 3. The summed E-state index contributed by atoms with van der Waals surface area (Å²) in [6.45, 7) is 1.58. The SMILES string of the molecule is CC(Oc1ccc(F)cc1Cl)C(=O)NC1CCC(C(=O)O)CC1. The largest absolute Gasteiger partial charge is 0.481 e. The Morgan fingerprint density at radius 1 is 1.35 bits per heavy atom. The maximum atomic E-state index is 13.0. The molecule has 2 N–H and O–H groups in total. The Balaban J connectivity index is 1.85. The van der Waals surface area contributed by atoms with E-state index in [4.69, 9.17) is 21.4 Å². The minimum atomic E-state index is -0.782. The zero-order chi connectivity index (χ0) is 17.0. The van der Waals surface area contributed by atoms with Gasteiger partial charge in [0.05, 0.1) is 10.9 Å². The lowest BCUT2D eigenvalue weighted by Gasteiger charge is -2.28. The molecule has 1 aromatic rings. The van der Waals surface area contributed by atoms with Gasteiger partial charge in [0.2, 0.25) is 0 Å². The van der Waals surface area contributed by atoms with Gasteiger partial charge >= 0.3 is 5.97 Å². The molecule has 1 atom stereocenters. The van der Waals surface area contributed by atoms with Gasteiger partial charge < -0.3 is 15.2 Å². The van der Waals surface area contributed by atoms with Crippen molar-refractivity contribution in [2.45, 2.75) is 44.8 Å². The predicted molar refractivity (Wildman–Crippen MR) is 83.0 cm³/mol. The van der Waals surface area contributed by atoms with E-state index in [1.807, 2.05) is 0 Å². The number of carboxylic acid groups (broad SMARTS) is 1. The van der Waals surface area contributed by atoms with Crippen molar-refractivity contribution in [1.29, 1.82) is 0 Å². The molecular weight excluding hydrogens is 325 g/mol. The number of carboxylic acids is 1. The van der Waals surface area contributed by atoms with Gasteiger partial charge in [-0.25, -0.2) is 4.39 Å². The van der Waals surface area contributed by atoms with E-state index >= 15 is 0 Å². The van der Waals surface area contributed by atoms with E-state index in [1.54, 1.807) is 6.92 Å². The predicted octanol–water partition coefficient (Wildman–Crippen LogP) is 3.01. The molecule has 5 nitrogen and oxygen atoms in total. The second-order valence-corrected chi connectivity index (χ2v) is 6.14. The summed E-state index contributed by atoms with van der Waals surface area (Å²) in [5.74, 6) is -1.64. The minimum absolute atomic E-state index is 0.0483. The van der Waals surface area contributed by atoms with Crippen LogP contribution >= 0.6 is 11.6 Å². The minimum Gasteiger partial charge on any atom is -0.481 e. The van der Waals surface area contributed by atoms with Crippen LogP contribution in [0, 0.1) is 11.7 Å². The number of nitrogens with one attached hydrogen (secondary N) is 1. The summed E-state index contributed by atoms with van der Waals surface area (Å²) in [6.07, 6.45) is 1.59. The third-order valence-corrected chi connectivity index (χ3v) is 4.29. The summed E-state index contributed by atoms with van der Waals surface area (Å²) in [6, 6.07) is 3.65. The molecular formula is C16H19ClFNO4. The molecule has 0 heterocycles. The topological polar surface area (TPSA) is 75.6 Å². The number of rotatable bonds is 5. The van der Waals surface area contributed by atoms with Gasteiger partial charge in [-0.2, -0.15) is 0 Å². The van der Waals surface area contributed by atoms with Crippen molar-refractivity contribution in [3.8, 4) is 5.75 Å². The number of carbonyl (C=O) groups excluding carboxylic acids is 1. The van der Waals surface area contributed by atoms with Crippen LogP contribution in [0.5, 0.6) is 5.75 Å². The molecule has 2 rings (SSSR count). The summed E-state index contributed by atoms with van der Waals surface area (Å²) < 4.78 is 18.4. The van der Waals surface area contributed by atoms with E-state index in [-0.39, 0.29) is 28.6 Å². The number of amides is 1. The molecule has 1 fully saturated rings. The molecule has 0 radical (unpaired) electrons. The number of ether oxygens (including phenoxy) is 1. The monoisotopic (exact) mass is 343 g/mol. The Labute approximate surface area is 138 Å². The van der Waals surface area contributed by atoms with E-state index in [0.717, 1.165) is 6.07 Å². The maximum absolute atomic E-state index is 13.0. The first-order valence-corrected chi connectivity index (χ1v) is 7.89. The Bertz CT molecular complexity index is 587. The normalized spacial score (nSPS) is 22.2. The van der Waals surface area contributed by atoms with Crippen LogP contribution in [0.1, 0.15) is 32.6 Å². The van der Waals surface area contributed by atoms with E-state index in [2.05, 4.69) is 5.32 Å². The van der Waals surface area contributed by atoms with Crippen molar-refractivity contribution >= 4 is 23.5 Å². The van der Waals surface area contributed by atoms with Crippen LogP contribution in [0.2, 0.25) is 5.02 Å². The second kappa shape index (κ2) is 7.64. The lowest BCUT2D eigenvalue weighted by molar-refractivity contribution is -0.142. The Kier molecular flexibility index (Phi) is 5.82. The molecule has 0 aliphatic heterocycles. The van der Waals surface area contributed by atoms with Crippen molar-refractivity contribution in [3.63, 3.8) is 0 Å². The highest BCUT2D eigenvalue weighted by molar-refractivity contribution is 6.32. The lowest BCUT2D eigenvalue weighted by atomic mass is 9.86. The first-order valence-electron chi connectivity index (χ1n) is 7.51. The standard InChI is InChI=1S/C16H19ClFNO4/c1-9(23-14-7-4-11(18)8-13(14)17)15(20)19-12-5-2-10(3-6-12)16(21)22/h4,7-10,12H,2-3,5-6H2,1H3,(H,19,20)(H,21,22). The van der Waals surface area contributed by atoms with Gasteiger partial charge in [0.1, 0.15) is 11.6 Å². The Hall–Kier alpha value is -1.82. The smallest absolute Gasteiger partial charge is 0.306 e. The van der Waals surface area contributed by atoms with Gasteiger partial charge in [-0.1, -0.05) is 11.6 Å². The molecule has 1 aromatic carbocycles. The van der Waals surface area contributed by atoms with Crippen molar-refractivity contribution in [3.05, 3.63) is 29.0 Å². The molecule has 23 heavy (non-hydrogen) atoms. The van der Waals surface area contributed by atoms with Gasteiger partial charge in [-0.05, 0) is 50.8 Å². The number of benzene rings is 1. The zero-order valence-electron chi connectivity index (χ0n) is 12.7. The van der Waals surface area contributed by atoms with E-state index in [0.29, 0.717) is 25.7 Å². The van der Waals surface area contributed by atoms with Crippen molar-refractivity contribution in [2.24, 2.45) is 5.92 Å². The van der Waals surface area contributed by atoms with Crippen molar-refractivity contribution < 1.29 is 23.8 Å². The third kappa shape index (κ3) is 4.82.